The van der Waals surface area contributed by atoms with E-state index < -0.39 is 0 Å². The smallest absolute Gasteiger partial charge is 0.101 e. The summed E-state index contributed by atoms with van der Waals surface area (Å²) >= 11 is 5.96. The van der Waals surface area contributed by atoms with Crippen molar-refractivity contribution in [1.29, 1.82) is 0 Å². The molecule has 0 aromatic carbocycles. The lowest BCUT2D eigenvalue weighted by molar-refractivity contribution is 0.109. The zero-order valence-electron chi connectivity index (χ0n) is 6.66. The average molecular weight is 184 g/mol. The van der Waals surface area contributed by atoms with Crippen LogP contribution in [0.4, 0.5) is 0 Å². The first-order valence-corrected chi connectivity index (χ1v) is 4.48. The monoisotopic (exact) mass is 183 g/mol. The lowest BCUT2D eigenvalue weighted by atomic mass is 10.1. The van der Waals surface area contributed by atoms with Crippen LogP contribution >= 0.6 is 11.6 Å². The van der Waals surface area contributed by atoms with E-state index in [0.29, 0.717) is 5.02 Å². The molecular formula is C9H10ClNO. The SMILES string of the molecule is Clc1cccnc1C1CCCO1. The van der Waals surface area contributed by atoms with Gasteiger partial charge in [0, 0.05) is 12.8 Å². The highest BCUT2D eigenvalue weighted by Crippen LogP contribution is 2.30. The van der Waals surface area contributed by atoms with E-state index >= 15 is 0 Å². The summed E-state index contributed by atoms with van der Waals surface area (Å²) in [6, 6.07) is 3.69. The molecule has 2 heterocycles. The molecule has 1 aliphatic rings. The van der Waals surface area contributed by atoms with Crippen molar-refractivity contribution < 1.29 is 4.74 Å². The second-order valence-corrected chi connectivity index (χ2v) is 3.28. The van der Waals surface area contributed by atoms with Gasteiger partial charge in [-0.15, -0.1) is 0 Å². The summed E-state index contributed by atoms with van der Waals surface area (Å²) in [7, 11) is 0. The first-order valence-electron chi connectivity index (χ1n) is 4.10. The molecule has 0 N–H and O–H groups in total. The summed E-state index contributed by atoms with van der Waals surface area (Å²) in [5.41, 5.74) is 0.886. The van der Waals surface area contributed by atoms with Gasteiger partial charge in [0.25, 0.3) is 0 Å². The van der Waals surface area contributed by atoms with Crippen LogP contribution in [0.25, 0.3) is 0 Å². The number of rotatable bonds is 1. The fourth-order valence-corrected chi connectivity index (χ4v) is 1.67. The van der Waals surface area contributed by atoms with E-state index in [1.807, 2.05) is 12.1 Å². The highest BCUT2D eigenvalue weighted by molar-refractivity contribution is 6.31. The van der Waals surface area contributed by atoms with Crippen molar-refractivity contribution in [3.63, 3.8) is 0 Å². The zero-order valence-corrected chi connectivity index (χ0v) is 7.42. The Morgan fingerprint density at radius 3 is 3.17 bits per heavy atom. The average Bonchev–Trinajstić information content (AvgIpc) is 2.57. The molecule has 1 atom stereocenters. The molecule has 12 heavy (non-hydrogen) atoms. The lowest BCUT2D eigenvalue weighted by Gasteiger charge is -2.09. The summed E-state index contributed by atoms with van der Waals surface area (Å²) in [5.74, 6) is 0. The van der Waals surface area contributed by atoms with Gasteiger partial charge < -0.3 is 4.74 Å². The van der Waals surface area contributed by atoms with Gasteiger partial charge in [-0.2, -0.15) is 0 Å². The van der Waals surface area contributed by atoms with Gasteiger partial charge in [0.05, 0.1) is 10.7 Å². The van der Waals surface area contributed by atoms with Crippen LogP contribution in [0.5, 0.6) is 0 Å². The Morgan fingerprint density at radius 1 is 1.58 bits per heavy atom. The van der Waals surface area contributed by atoms with Crippen LogP contribution in [0, 0.1) is 0 Å². The van der Waals surface area contributed by atoms with Gasteiger partial charge in [-0.05, 0) is 25.0 Å². The molecule has 64 valence electrons. The molecule has 1 unspecified atom stereocenters. The van der Waals surface area contributed by atoms with Crippen LogP contribution in [0.2, 0.25) is 5.02 Å². The van der Waals surface area contributed by atoms with Crippen molar-refractivity contribution in [2.45, 2.75) is 18.9 Å². The topological polar surface area (TPSA) is 22.1 Å². The minimum atomic E-state index is 0.124. The van der Waals surface area contributed by atoms with E-state index in [-0.39, 0.29) is 6.10 Å². The van der Waals surface area contributed by atoms with Crippen LogP contribution in [0.1, 0.15) is 24.6 Å². The van der Waals surface area contributed by atoms with E-state index in [1.165, 1.54) is 0 Å². The number of aromatic nitrogens is 1. The molecule has 0 amide bonds. The maximum absolute atomic E-state index is 5.96. The minimum Gasteiger partial charge on any atom is -0.372 e. The lowest BCUT2D eigenvalue weighted by Crippen LogP contribution is -1.99. The largest absolute Gasteiger partial charge is 0.372 e. The fraction of sp³-hybridized carbons (Fsp3) is 0.444. The van der Waals surface area contributed by atoms with E-state index in [9.17, 15) is 0 Å². The van der Waals surface area contributed by atoms with Gasteiger partial charge in [0.2, 0.25) is 0 Å². The molecule has 0 saturated carbocycles. The summed E-state index contributed by atoms with van der Waals surface area (Å²) < 4.78 is 5.47. The third kappa shape index (κ3) is 1.45. The van der Waals surface area contributed by atoms with Gasteiger partial charge in [-0.3, -0.25) is 4.98 Å². The molecule has 1 fully saturated rings. The van der Waals surface area contributed by atoms with E-state index in [1.54, 1.807) is 6.20 Å². The second-order valence-electron chi connectivity index (χ2n) is 2.87. The number of pyridine rings is 1. The first-order chi connectivity index (χ1) is 5.88. The van der Waals surface area contributed by atoms with E-state index in [4.69, 9.17) is 16.3 Å². The molecule has 1 saturated heterocycles. The van der Waals surface area contributed by atoms with Crippen LogP contribution in [-0.4, -0.2) is 11.6 Å². The molecule has 2 nitrogen and oxygen atoms in total. The molecule has 3 heteroatoms. The molecular weight excluding hydrogens is 174 g/mol. The van der Waals surface area contributed by atoms with Gasteiger partial charge in [-0.1, -0.05) is 11.6 Å². The summed E-state index contributed by atoms with van der Waals surface area (Å²) in [6.07, 6.45) is 4.02. The Morgan fingerprint density at radius 2 is 2.50 bits per heavy atom. The third-order valence-corrected chi connectivity index (χ3v) is 2.34. The molecule has 0 spiro atoms. The number of ether oxygens (including phenoxy) is 1. The van der Waals surface area contributed by atoms with Gasteiger partial charge in [-0.25, -0.2) is 0 Å². The van der Waals surface area contributed by atoms with Crippen molar-refractivity contribution in [2.75, 3.05) is 6.61 Å². The van der Waals surface area contributed by atoms with Crippen LogP contribution in [0.3, 0.4) is 0 Å². The molecule has 0 bridgehead atoms. The van der Waals surface area contributed by atoms with Gasteiger partial charge >= 0.3 is 0 Å². The molecule has 2 rings (SSSR count). The zero-order chi connectivity index (χ0) is 8.39. The predicted octanol–water partition coefficient (Wildman–Crippen LogP) is 2.59. The summed E-state index contributed by atoms with van der Waals surface area (Å²) in [5, 5.41) is 0.712. The Hall–Kier alpha value is -0.600. The standard InChI is InChI=1S/C9H10ClNO/c10-7-3-1-5-11-9(7)8-4-2-6-12-8/h1,3,5,8H,2,4,6H2. The van der Waals surface area contributed by atoms with Gasteiger partial charge in [0.1, 0.15) is 6.10 Å². The van der Waals surface area contributed by atoms with Crippen molar-refractivity contribution in [2.24, 2.45) is 0 Å². The molecule has 1 aromatic heterocycles. The number of halogens is 1. The number of hydrogen-bond acceptors (Lipinski definition) is 2. The van der Waals surface area contributed by atoms with Gasteiger partial charge in [0.15, 0.2) is 0 Å². The Labute approximate surface area is 76.5 Å². The molecule has 0 aliphatic carbocycles. The Bertz CT molecular complexity index is 271. The van der Waals surface area contributed by atoms with Crippen molar-refractivity contribution in [1.82, 2.24) is 4.98 Å². The third-order valence-electron chi connectivity index (χ3n) is 2.02. The van der Waals surface area contributed by atoms with E-state index in [0.717, 1.165) is 25.1 Å². The molecule has 1 aromatic rings. The maximum atomic E-state index is 5.96. The predicted molar refractivity (Wildman–Crippen MR) is 47.2 cm³/mol. The van der Waals surface area contributed by atoms with Crippen molar-refractivity contribution in [3.05, 3.63) is 29.0 Å². The van der Waals surface area contributed by atoms with Crippen LogP contribution < -0.4 is 0 Å². The fourth-order valence-electron chi connectivity index (χ4n) is 1.43. The van der Waals surface area contributed by atoms with E-state index in [2.05, 4.69) is 4.98 Å². The highest BCUT2D eigenvalue weighted by Gasteiger charge is 2.20. The quantitative estimate of drug-likeness (QED) is 0.668. The van der Waals surface area contributed by atoms with Crippen LogP contribution in [0.15, 0.2) is 18.3 Å². The molecule has 0 radical (unpaired) electrons. The molecule has 1 aliphatic heterocycles. The second kappa shape index (κ2) is 3.42. The Balaban J connectivity index is 2.26. The normalized spacial score (nSPS) is 22.9. The van der Waals surface area contributed by atoms with Crippen molar-refractivity contribution >= 4 is 11.6 Å². The number of nitrogens with zero attached hydrogens (tertiary/aromatic N) is 1. The summed E-state index contributed by atoms with van der Waals surface area (Å²) in [6.45, 7) is 0.831. The maximum Gasteiger partial charge on any atom is 0.101 e. The first kappa shape index (κ1) is 8.02. The minimum absolute atomic E-state index is 0.124. The number of hydrogen-bond donors (Lipinski definition) is 0. The highest BCUT2D eigenvalue weighted by atomic mass is 35.5. The van der Waals surface area contributed by atoms with Crippen molar-refractivity contribution in [3.8, 4) is 0 Å². The summed E-state index contributed by atoms with van der Waals surface area (Å²) in [4.78, 5) is 4.20. The Kier molecular flexibility index (Phi) is 2.28. The van der Waals surface area contributed by atoms with Crippen LogP contribution in [-0.2, 0) is 4.74 Å².